The summed E-state index contributed by atoms with van der Waals surface area (Å²) in [7, 11) is 0. The molecule has 0 radical (unpaired) electrons. The van der Waals surface area contributed by atoms with Crippen LogP contribution in [0, 0.1) is 5.41 Å². The van der Waals surface area contributed by atoms with E-state index in [-0.39, 0.29) is 23.4 Å². The number of imidazole rings is 1. The minimum Gasteiger partial charge on any atom is -0.389 e. The smallest absolute Gasteiger partial charge is 0.261 e. The molecule has 35 heavy (non-hydrogen) atoms. The number of hydrogen-bond acceptors (Lipinski definition) is 7. The van der Waals surface area contributed by atoms with E-state index in [9.17, 15) is 9.90 Å². The van der Waals surface area contributed by atoms with Crippen molar-refractivity contribution in [2.24, 2.45) is 5.41 Å². The van der Waals surface area contributed by atoms with Crippen LogP contribution in [-0.2, 0) is 6.42 Å². The number of amides is 1. The maximum Gasteiger partial charge on any atom is 0.261 e. The Morgan fingerprint density at radius 2 is 2.03 bits per heavy atom. The third-order valence-corrected chi connectivity index (χ3v) is 7.44. The van der Waals surface area contributed by atoms with Crippen molar-refractivity contribution in [3.05, 3.63) is 51.8 Å². The Hall–Kier alpha value is -2.82. The van der Waals surface area contributed by atoms with Gasteiger partial charge in [0.05, 0.1) is 51.5 Å². The molecular weight excluding hydrogens is 486 g/mol. The van der Waals surface area contributed by atoms with Gasteiger partial charge in [0, 0.05) is 12.5 Å². The van der Waals surface area contributed by atoms with Gasteiger partial charge < -0.3 is 15.0 Å². The molecule has 2 N–H and O–H groups in total. The van der Waals surface area contributed by atoms with Gasteiger partial charge in [-0.25, -0.2) is 9.97 Å². The average molecular weight is 514 g/mol. The molecular formula is C24H28ClN7O2S. The number of nitrogens with one attached hydrogen (secondary N) is 1. The Bertz CT molecular complexity index is 1340. The molecule has 1 amide bonds. The van der Waals surface area contributed by atoms with Gasteiger partial charge in [-0.15, -0.1) is 16.1 Å². The van der Waals surface area contributed by atoms with Crippen LogP contribution in [0.1, 0.15) is 61.6 Å². The van der Waals surface area contributed by atoms with E-state index in [1.807, 2.05) is 6.07 Å². The predicted molar refractivity (Wildman–Crippen MR) is 135 cm³/mol. The molecule has 1 aliphatic rings. The van der Waals surface area contributed by atoms with Crippen LogP contribution < -0.4 is 5.32 Å². The Labute approximate surface area is 212 Å². The largest absolute Gasteiger partial charge is 0.389 e. The van der Waals surface area contributed by atoms with Crippen LogP contribution in [0.5, 0.6) is 0 Å². The summed E-state index contributed by atoms with van der Waals surface area (Å²) in [6, 6.07) is 4.70. The minimum atomic E-state index is -0.779. The molecule has 4 heterocycles. The van der Waals surface area contributed by atoms with Crippen LogP contribution in [-0.4, -0.2) is 52.7 Å². The number of aromatic nitrogens is 6. The highest BCUT2D eigenvalue weighted by molar-refractivity contribution is 7.18. The second-order valence-corrected chi connectivity index (χ2v) is 11.9. The second-order valence-electron chi connectivity index (χ2n) is 10.2. The molecule has 1 unspecified atom stereocenters. The molecule has 0 aliphatic heterocycles. The third-order valence-electron chi connectivity index (χ3n) is 6.21. The molecule has 11 heteroatoms. The molecule has 1 saturated carbocycles. The molecule has 4 aromatic heterocycles. The number of carbonyl (C=O) groups excluding carboxylic acids is 1. The Balaban J connectivity index is 1.52. The molecule has 3 atom stereocenters. The Morgan fingerprint density at radius 3 is 2.71 bits per heavy atom. The third kappa shape index (κ3) is 4.96. The Kier molecular flexibility index (Phi) is 6.37. The van der Waals surface area contributed by atoms with Crippen LogP contribution in [0.25, 0.3) is 16.9 Å². The second kappa shape index (κ2) is 9.33. The fraction of sp³-hybridized carbons (Fsp3) is 0.458. The number of fused-ring (bicyclic) bond motifs is 1. The van der Waals surface area contributed by atoms with Gasteiger partial charge in [0.1, 0.15) is 11.3 Å². The van der Waals surface area contributed by atoms with Gasteiger partial charge in [-0.2, -0.15) is 10.2 Å². The van der Waals surface area contributed by atoms with Gasteiger partial charge in [-0.1, -0.05) is 32.4 Å². The van der Waals surface area contributed by atoms with E-state index in [1.54, 1.807) is 30.7 Å². The maximum atomic E-state index is 12.8. The molecule has 184 valence electrons. The van der Waals surface area contributed by atoms with E-state index in [4.69, 9.17) is 16.6 Å². The standard InChI is InChI=1S/C24H28ClN7O2S/c1-24(2,3)12-21-29-15-13-26-20(32-27-9-10-28-32)11-17(15)31(21)16-6-4-5-14(22(16)33)30-23(34)18-7-8-19(25)35-18/h7-11,13-14,16,22,33H,4-6,12H2,1-3H3,(H,30,34)/t14?,16-,22-/m0/s1. The number of thiophene rings is 1. The highest BCUT2D eigenvalue weighted by Gasteiger charge is 2.36. The van der Waals surface area contributed by atoms with Crippen molar-refractivity contribution >= 4 is 39.9 Å². The summed E-state index contributed by atoms with van der Waals surface area (Å²) in [5.41, 5.74) is 1.62. The molecule has 0 aromatic carbocycles. The van der Waals surface area contributed by atoms with Crippen molar-refractivity contribution < 1.29 is 9.90 Å². The molecule has 5 rings (SSSR count). The summed E-state index contributed by atoms with van der Waals surface area (Å²) in [5.74, 6) is 1.25. The SMILES string of the molecule is CC(C)(C)Cc1nc2cnc(-n3nccn3)cc2n1[C@H]1CCCC(NC(=O)c2ccc(Cl)s2)[C@@H]1O. The number of carbonyl (C=O) groups is 1. The monoisotopic (exact) mass is 513 g/mol. The fourth-order valence-corrected chi connectivity index (χ4v) is 5.67. The topological polar surface area (TPSA) is 111 Å². The van der Waals surface area contributed by atoms with Gasteiger partial charge >= 0.3 is 0 Å². The Morgan fingerprint density at radius 1 is 1.26 bits per heavy atom. The number of nitrogens with zero attached hydrogens (tertiary/aromatic N) is 6. The van der Waals surface area contributed by atoms with Gasteiger partial charge in [-0.3, -0.25) is 4.79 Å². The van der Waals surface area contributed by atoms with Gasteiger partial charge in [0.2, 0.25) is 0 Å². The quantitative estimate of drug-likeness (QED) is 0.414. The summed E-state index contributed by atoms with van der Waals surface area (Å²) < 4.78 is 2.70. The average Bonchev–Trinajstić information content (AvgIpc) is 3.54. The summed E-state index contributed by atoms with van der Waals surface area (Å²) in [5, 5.41) is 22.9. The highest BCUT2D eigenvalue weighted by Crippen LogP contribution is 2.35. The first-order valence-electron chi connectivity index (χ1n) is 11.7. The molecule has 1 fully saturated rings. The van der Waals surface area contributed by atoms with Crippen LogP contribution in [0.15, 0.2) is 36.8 Å². The van der Waals surface area contributed by atoms with Crippen molar-refractivity contribution in [3.8, 4) is 5.82 Å². The number of pyridine rings is 1. The lowest BCUT2D eigenvalue weighted by atomic mass is 9.86. The van der Waals surface area contributed by atoms with Crippen molar-refractivity contribution in [3.63, 3.8) is 0 Å². The molecule has 0 bridgehead atoms. The van der Waals surface area contributed by atoms with Crippen molar-refractivity contribution in [2.75, 3.05) is 0 Å². The van der Waals surface area contributed by atoms with Crippen molar-refractivity contribution in [1.82, 2.24) is 34.8 Å². The van der Waals surface area contributed by atoms with E-state index < -0.39 is 6.10 Å². The van der Waals surface area contributed by atoms with Crippen LogP contribution in [0.4, 0.5) is 0 Å². The van der Waals surface area contributed by atoms with Gasteiger partial charge in [0.15, 0.2) is 5.82 Å². The maximum absolute atomic E-state index is 12.8. The number of aliphatic hydroxyl groups excluding tert-OH is 1. The molecule has 1 aliphatic carbocycles. The van der Waals surface area contributed by atoms with E-state index >= 15 is 0 Å². The normalized spacial score (nSPS) is 20.9. The number of rotatable bonds is 5. The minimum absolute atomic E-state index is 0.00933. The molecule has 9 nitrogen and oxygen atoms in total. The van der Waals surface area contributed by atoms with Gasteiger partial charge in [-0.05, 0) is 36.8 Å². The van der Waals surface area contributed by atoms with Crippen molar-refractivity contribution in [1.29, 1.82) is 0 Å². The van der Waals surface area contributed by atoms with Crippen LogP contribution in [0.2, 0.25) is 4.34 Å². The lowest BCUT2D eigenvalue weighted by molar-refractivity contribution is 0.0400. The zero-order valence-electron chi connectivity index (χ0n) is 19.8. The zero-order chi connectivity index (χ0) is 24.7. The fourth-order valence-electron chi connectivity index (χ4n) is 4.72. The summed E-state index contributed by atoms with van der Waals surface area (Å²) in [6.07, 6.45) is 7.23. The zero-order valence-corrected chi connectivity index (χ0v) is 21.4. The van der Waals surface area contributed by atoms with E-state index in [1.165, 1.54) is 16.1 Å². The van der Waals surface area contributed by atoms with Gasteiger partial charge in [0.25, 0.3) is 5.91 Å². The number of aliphatic hydroxyl groups is 1. The summed E-state index contributed by atoms with van der Waals surface area (Å²) in [6.45, 7) is 6.50. The lowest BCUT2D eigenvalue weighted by Gasteiger charge is -2.37. The first-order chi connectivity index (χ1) is 16.7. The number of halogens is 1. The van der Waals surface area contributed by atoms with E-state index in [2.05, 4.69) is 45.8 Å². The summed E-state index contributed by atoms with van der Waals surface area (Å²) >= 11 is 7.24. The molecule has 0 spiro atoms. The first kappa shape index (κ1) is 23.9. The molecule has 0 saturated heterocycles. The number of hydrogen-bond donors (Lipinski definition) is 2. The van der Waals surface area contributed by atoms with Crippen molar-refractivity contribution in [2.45, 2.75) is 64.6 Å². The van der Waals surface area contributed by atoms with E-state index in [0.29, 0.717) is 21.5 Å². The predicted octanol–water partition coefficient (Wildman–Crippen LogP) is 4.20. The molecule has 4 aromatic rings. The van der Waals surface area contributed by atoms with Crippen LogP contribution in [0.3, 0.4) is 0 Å². The summed E-state index contributed by atoms with van der Waals surface area (Å²) in [4.78, 5) is 24.2. The lowest BCUT2D eigenvalue weighted by Crippen LogP contribution is -2.49. The first-order valence-corrected chi connectivity index (χ1v) is 12.9. The highest BCUT2D eigenvalue weighted by atomic mass is 35.5. The van der Waals surface area contributed by atoms with Crippen LogP contribution >= 0.6 is 22.9 Å². The van der Waals surface area contributed by atoms with E-state index in [0.717, 1.165) is 36.1 Å².